The van der Waals surface area contributed by atoms with Gasteiger partial charge in [-0.2, -0.15) is 0 Å². The number of aliphatic carboxylic acids is 1. The van der Waals surface area contributed by atoms with Gasteiger partial charge in [-0.25, -0.2) is 4.39 Å². The van der Waals surface area contributed by atoms with Crippen molar-refractivity contribution in [3.8, 4) is 0 Å². The number of fused-ring (bicyclic) bond motifs is 1. The molecule has 1 aliphatic carbocycles. The maximum atomic E-state index is 14.2. The zero-order valence-electron chi connectivity index (χ0n) is 18.9. The molecule has 5 heteroatoms. The van der Waals surface area contributed by atoms with Gasteiger partial charge in [0.15, 0.2) is 0 Å². The Kier molecular flexibility index (Phi) is 7.07. The molecule has 0 aliphatic heterocycles. The van der Waals surface area contributed by atoms with E-state index in [4.69, 9.17) is 5.11 Å². The number of amides is 1. The summed E-state index contributed by atoms with van der Waals surface area (Å²) in [6.07, 6.45) is 4.42. The van der Waals surface area contributed by atoms with Gasteiger partial charge in [-0.3, -0.25) is 9.59 Å². The maximum absolute atomic E-state index is 14.2. The van der Waals surface area contributed by atoms with Crippen molar-refractivity contribution in [3.05, 3.63) is 83.2 Å². The highest BCUT2D eigenvalue weighted by Gasteiger charge is 2.28. The first-order chi connectivity index (χ1) is 15.9. The molecular formula is C28H30FNO3. The second-order valence-corrected chi connectivity index (χ2v) is 9.22. The molecule has 0 aromatic heterocycles. The second kappa shape index (κ2) is 10.2. The molecule has 1 fully saturated rings. The van der Waals surface area contributed by atoms with E-state index >= 15 is 0 Å². The van der Waals surface area contributed by atoms with Crippen LogP contribution in [0.2, 0.25) is 0 Å². The van der Waals surface area contributed by atoms with Crippen molar-refractivity contribution < 1.29 is 19.1 Å². The fraction of sp³-hybridized carbons (Fsp3) is 0.357. The SMILES string of the molecule is C[C@@H](CC1CCC(c2ccc(C(=O)NCCC(=O)O)cc2)C1)c1ccc(F)c2ccccc12. The largest absolute Gasteiger partial charge is 0.481 e. The Bertz CT molecular complexity index is 1140. The van der Waals surface area contributed by atoms with Crippen LogP contribution in [0.3, 0.4) is 0 Å². The molecular weight excluding hydrogens is 417 g/mol. The third-order valence-corrected chi connectivity index (χ3v) is 6.93. The molecule has 0 saturated heterocycles. The molecule has 3 aromatic carbocycles. The summed E-state index contributed by atoms with van der Waals surface area (Å²) in [7, 11) is 0. The number of halogens is 1. The monoisotopic (exact) mass is 447 g/mol. The summed E-state index contributed by atoms with van der Waals surface area (Å²) in [5.74, 6) is 0.123. The molecule has 4 rings (SSSR count). The number of hydrogen-bond acceptors (Lipinski definition) is 2. The van der Waals surface area contributed by atoms with E-state index in [0.29, 0.717) is 28.7 Å². The van der Waals surface area contributed by atoms with Crippen molar-refractivity contribution in [1.82, 2.24) is 5.32 Å². The predicted molar refractivity (Wildman–Crippen MR) is 128 cm³/mol. The number of carbonyl (C=O) groups excluding carboxylic acids is 1. The number of carboxylic acids is 1. The van der Waals surface area contributed by atoms with Crippen molar-refractivity contribution in [3.63, 3.8) is 0 Å². The average molecular weight is 448 g/mol. The fourth-order valence-corrected chi connectivity index (χ4v) is 5.23. The highest BCUT2D eigenvalue weighted by molar-refractivity contribution is 5.94. The minimum absolute atomic E-state index is 0.0839. The number of nitrogens with one attached hydrogen (secondary N) is 1. The summed E-state index contributed by atoms with van der Waals surface area (Å²) in [6, 6.07) is 18.9. The lowest BCUT2D eigenvalue weighted by molar-refractivity contribution is -0.136. The molecule has 3 aromatic rings. The minimum Gasteiger partial charge on any atom is -0.481 e. The smallest absolute Gasteiger partial charge is 0.305 e. The Labute approximate surface area is 193 Å². The molecule has 0 bridgehead atoms. The van der Waals surface area contributed by atoms with Crippen LogP contribution in [0, 0.1) is 11.7 Å². The summed E-state index contributed by atoms with van der Waals surface area (Å²) in [4.78, 5) is 22.7. The van der Waals surface area contributed by atoms with E-state index < -0.39 is 5.97 Å². The van der Waals surface area contributed by atoms with Crippen LogP contribution in [0.5, 0.6) is 0 Å². The third kappa shape index (κ3) is 5.41. The van der Waals surface area contributed by atoms with Gasteiger partial charge in [0, 0.05) is 17.5 Å². The van der Waals surface area contributed by atoms with Crippen molar-refractivity contribution in [2.75, 3.05) is 6.54 Å². The minimum atomic E-state index is -0.927. The van der Waals surface area contributed by atoms with Gasteiger partial charge >= 0.3 is 5.97 Å². The van der Waals surface area contributed by atoms with Gasteiger partial charge in [0.05, 0.1) is 6.42 Å². The van der Waals surface area contributed by atoms with Gasteiger partial charge in [-0.05, 0) is 78.1 Å². The van der Waals surface area contributed by atoms with E-state index in [1.54, 1.807) is 6.07 Å². The number of rotatable bonds is 8. The number of benzene rings is 3. The highest BCUT2D eigenvalue weighted by Crippen LogP contribution is 2.43. The summed E-state index contributed by atoms with van der Waals surface area (Å²) >= 11 is 0. The second-order valence-electron chi connectivity index (χ2n) is 9.22. The molecule has 0 heterocycles. The molecule has 3 atom stereocenters. The van der Waals surface area contributed by atoms with Crippen molar-refractivity contribution in [2.24, 2.45) is 5.92 Å². The fourth-order valence-electron chi connectivity index (χ4n) is 5.23. The Balaban J connectivity index is 1.36. The lowest BCUT2D eigenvalue weighted by Gasteiger charge is -2.19. The summed E-state index contributed by atoms with van der Waals surface area (Å²) in [6.45, 7) is 2.37. The van der Waals surface area contributed by atoms with E-state index in [2.05, 4.69) is 12.2 Å². The summed E-state index contributed by atoms with van der Waals surface area (Å²) in [5.41, 5.74) is 3.02. The number of carboxylic acid groups (broad SMARTS) is 1. The zero-order chi connectivity index (χ0) is 23.4. The molecule has 4 nitrogen and oxygen atoms in total. The van der Waals surface area contributed by atoms with Gasteiger partial charge in [0.25, 0.3) is 5.91 Å². The predicted octanol–water partition coefficient (Wildman–Crippen LogP) is 6.26. The summed E-state index contributed by atoms with van der Waals surface area (Å²) < 4.78 is 14.2. The lowest BCUT2D eigenvalue weighted by atomic mass is 9.86. The first kappa shape index (κ1) is 23.0. The Morgan fingerprint density at radius 3 is 2.48 bits per heavy atom. The highest BCUT2D eigenvalue weighted by atomic mass is 19.1. The van der Waals surface area contributed by atoms with Crippen molar-refractivity contribution in [2.45, 2.75) is 50.9 Å². The van der Waals surface area contributed by atoms with Gasteiger partial charge in [0.2, 0.25) is 0 Å². The Morgan fingerprint density at radius 1 is 1.03 bits per heavy atom. The van der Waals surface area contributed by atoms with E-state index in [1.807, 2.05) is 54.6 Å². The van der Waals surface area contributed by atoms with E-state index in [9.17, 15) is 14.0 Å². The molecule has 0 spiro atoms. The van der Waals surface area contributed by atoms with Crippen LogP contribution in [-0.2, 0) is 4.79 Å². The van der Waals surface area contributed by atoms with Crippen LogP contribution in [0.4, 0.5) is 4.39 Å². The Morgan fingerprint density at radius 2 is 1.76 bits per heavy atom. The molecule has 1 saturated carbocycles. The normalized spacial score (nSPS) is 18.8. The van der Waals surface area contributed by atoms with Crippen LogP contribution in [0.15, 0.2) is 60.7 Å². The van der Waals surface area contributed by atoms with Crippen LogP contribution >= 0.6 is 0 Å². The van der Waals surface area contributed by atoms with Crippen molar-refractivity contribution in [1.29, 1.82) is 0 Å². The lowest BCUT2D eigenvalue weighted by Crippen LogP contribution is -2.25. The van der Waals surface area contributed by atoms with Gasteiger partial charge in [-0.1, -0.05) is 49.4 Å². The van der Waals surface area contributed by atoms with Crippen LogP contribution < -0.4 is 5.32 Å². The number of carbonyl (C=O) groups is 2. The zero-order valence-corrected chi connectivity index (χ0v) is 18.9. The standard InChI is InChI=1S/C28H30FNO3/c1-18(23-12-13-26(29)25-5-3-2-4-24(23)25)16-19-6-7-22(17-19)20-8-10-21(11-9-20)28(33)30-15-14-27(31)32/h2-5,8-13,18-19,22H,6-7,14-17H2,1H3,(H,30,33)(H,31,32)/t18-,19?,22?/m0/s1. The number of hydrogen-bond donors (Lipinski definition) is 2. The van der Waals surface area contributed by atoms with Gasteiger partial charge in [0.1, 0.15) is 5.82 Å². The third-order valence-electron chi connectivity index (χ3n) is 6.93. The van der Waals surface area contributed by atoms with Crippen LogP contribution in [0.25, 0.3) is 10.8 Å². The topological polar surface area (TPSA) is 66.4 Å². The molecule has 2 N–H and O–H groups in total. The Hall–Kier alpha value is -3.21. The first-order valence-electron chi connectivity index (χ1n) is 11.7. The summed E-state index contributed by atoms with van der Waals surface area (Å²) in [5, 5.41) is 13.0. The van der Waals surface area contributed by atoms with Crippen molar-refractivity contribution >= 4 is 22.6 Å². The quantitative estimate of drug-likeness (QED) is 0.428. The van der Waals surface area contributed by atoms with Gasteiger partial charge < -0.3 is 10.4 Å². The van der Waals surface area contributed by atoms with E-state index in [-0.39, 0.29) is 24.7 Å². The molecule has 33 heavy (non-hydrogen) atoms. The molecule has 1 aliphatic rings. The molecule has 2 unspecified atom stereocenters. The van der Waals surface area contributed by atoms with Crippen LogP contribution in [0.1, 0.15) is 72.3 Å². The molecule has 1 amide bonds. The van der Waals surface area contributed by atoms with E-state index in [1.165, 1.54) is 17.5 Å². The molecule has 172 valence electrons. The van der Waals surface area contributed by atoms with E-state index in [0.717, 1.165) is 24.6 Å². The first-order valence-corrected chi connectivity index (χ1v) is 11.7. The van der Waals surface area contributed by atoms with Gasteiger partial charge in [-0.15, -0.1) is 0 Å². The maximum Gasteiger partial charge on any atom is 0.305 e. The van der Waals surface area contributed by atoms with Crippen LogP contribution in [-0.4, -0.2) is 23.5 Å². The molecule has 0 radical (unpaired) electrons. The average Bonchev–Trinajstić information content (AvgIpc) is 3.27.